The predicted molar refractivity (Wildman–Crippen MR) is 69.3 cm³/mol. The molecule has 1 aromatic rings. The van der Waals surface area contributed by atoms with Gasteiger partial charge in [0.2, 0.25) is 0 Å². The van der Waals surface area contributed by atoms with E-state index >= 15 is 0 Å². The molecule has 0 bridgehead atoms. The van der Waals surface area contributed by atoms with Crippen LogP contribution in [-0.2, 0) is 6.42 Å². The molecule has 2 aliphatic rings. The Morgan fingerprint density at radius 3 is 3.06 bits per heavy atom. The Kier molecular flexibility index (Phi) is 2.71. The van der Waals surface area contributed by atoms with Gasteiger partial charge in [-0.05, 0) is 49.8 Å². The lowest BCUT2D eigenvalue weighted by molar-refractivity contribution is 0.324. The van der Waals surface area contributed by atoms with E-state index in [0.717, 1.165) is 31.6 Å². The number of nitrogens with zero attached hydrogens (tertiary/aromatic N) is 1. The van der Waals surface area contributed by atoms with E-state index in [1.807, 2.05) is 6.07 Å². The minimum atomic E-state index is 0.443. The van der Waals surface area contributed by atoms with Gasteiger partial charge in [0.05, 0.1) is 5.69 Å². The molecule has 0 saturated carbocycles. The molecule has 1 saturated heterocycles. The molecular weight excluding hydrogens is 212 g/mol. The van der Waals surface area contributed by atoms with E-state index in [0.29, 0.717) is 17.7 Å². The van der Waals surface area contributed by atoms with Gasteiger partial charge >= 0.3 is 0 Å². The van der Waals surface area contributed by atoms with Crippen molar-refractivity contribution in [2.45, 2.75) is 31.7 Å². The zero-order chi connectivity index (χ0) is 11.8. The molecule has 0 aromatic heterocycles. The molecule has 0 amide bonds. The van der Waals surface area contributed by atoms with Crippen molar-refractivity contribution in [3.63, 3.8) is 0 Å². The Labute approximate surface area is 102 Å². The molecule has 0 spiro atoms. The molecule has 0 radical (unpaired) electrons. The summed E-state index contributed by atoms with van der Waals surface area (Å²) in [6, 6.07) is 6.47. The lowest BCUT2D eigenvalue weighted by atomic mass is 9.84. The Morgan fingerprint density at radius 2 is 2.24 bits per heavy atom. The molecule has 92 valence electrons. The summed E-state index contributed by atoms with van der Waals surface area (Å²) in [5.74, 6) is 1.11. The van der Waals surface area contributed by atoms with Gasteiger partial charge in [0.15, 0.2) is 0 Å². The molecule has 2 heterocycles. The molecule has 2 atom stereocenters. The molecule has 17 heavy (non-hydrogen) atoms. The first-order valence-corrected chi connectivity index (χ1v) is 6.57. The van der Waals surface area contributed by atoms with Crippen LogP contribution >= 0.6 is 0 Å². The first kappa shape index (κ1) is 10.9. The molecule has 1 aromatic carbocycles. The summed E-state index contributed by atoms with van der Waals surface area (Å²) >= 11 is 0. The SMILES string of the molecule is NCC1CCN2c3c(O)cccc3CCC2C1. The third kappa shape index (κ3) is 1.78. The summed E-state index contributed by atoms with van der Waals surface area (Å²) in [5, 5.41) is 10.1. The third-order valence-electron chi connectivity index (χ3n) is 4.29. The average Bonchev–Trinajstić information content (AvgIpc) is 2.38. The highest BCUT2D eigenvalue weighted by Gasteiger charge is 2.33. The number of benzene rings is 1. The fraction of sp³-hybridized carbons (Fsp3) is 0.571. The van der Waals surface area contributed by atoms with Crippen molar-refractivity contribution in [2.24, 2.45) is 11.7 Å². The van der Waals surface area contributed by atoms with E-state index in [9.17, 15) is 5.11 Å². The molecule has 2 unspecified atom stereocenters. The van der Waals surface area contributed by atoms with Gasteiger partial charge in [0.25, 0.3) is 0 Å². The van der Waals surface area contributed by atoms with Crippen LogP contribution in [0.3, 0.4) is 0 Å². The summed E-state index contributed by atoms with van der Waals surface area (Å²) in [6.07, 6.45) is 4.63. The largest absolute Gasteiger partial charge is 0.506 e. The van der Waals surface area contributed by atoms with Crippen LogP contribution in [0, 0.1) is 5.92 Å². The quantitative estimate of drug-likeness (QED) is 0.777. The number of aromatic hydroxyl groups is 1. The zero-order valence-electron chi connectivity index (χ0n) is 10.1. The van der Waals surface area contributed by atoms with Crippen LogP contribution in [0.2, 0.25) is 0 Å². The predicted octanol–water partition coefficient (Wildman–Crippen LogP) is 1.88. The number of anilines is 1. The Hall–Kier alpha value is -1.22. The van der Waals surface area contributed by atoms with Gasteiger partial charge in [-0.3, -0.25) is 0 Å². The van der Waals surface area contributed by atoms with Crippen molar-refractivity contribution >= 4 is 5.69 Å². The first-order valence-electron chi connectivity index (χ1n) is 6.57. The monoisotopic (exact) mass is 232 g/mol. The average molecular weight is 232 g/mol. The summed E-state index contributed by atoms with van der Waals surface area (Å²) in [6.45, 7) is 1.84. The van der Waals surface area contributed by atoms with Crippen molar-refractivity contribution in [3.8, 4) is 5.75 Å². The Balaban J connectivity index is 1.92. The van der Waals surface area contributed by atoms with Crippen LogP contribution in [0.15, 0.2) is 18.2 Å². The van der Waals surface area contributed by atoms with Crippen molar-refractivity contribution in [1.82, 2.24) is 0 Å². The van der Waals surface area contributed by atoms with Crippen molar-refractivity contribution in [2.75, 3.05) is 18.0 Å². The minimum absolute atomic E-state index is 0.443. The van der Waals surface area contributed by atoms with Gasteiger partial charge in [0, 0.05) is 12.6 Å². The molecule has 0 aliphatic carbocycles. The van der Waals surface area contributed by atoms with E-state index < -0.39 is 0 Å². The zero-order valence-corrected chi connectivity index (χ0v) is 10.1. The van der Waals surface area contributed by atoms with Gasteiger partial charge in [-0.1, -0.05) is 12.1 Å². The number of fused-ring (bicyclic) bond motifs is 3. The highest BCUT2D eigenvalue weighted by Crippen LogP contribution is 2.41. The lowest BCUT2D eigenvalue weighted by Crippen LogP contribution is -2.46. The lowest BCUT2D eigenvalue weighted by Gasteiger charge is -2.44. The third-order valence-corrected chi connectivity index (χ3v) is 4.29. The van der Waals surface area contributed by atoms with Crippen LogP contribution in [-0.4, -0.2) is 24.2 Å². The van der Waals surface area contributed by atoms with E-state index in [1.54, 1.807) is 6.07 Å². The Bertz CT molecular complexity index is 419. The molecule has 2 aliphatic heterocycles. The van der Waals surface area contributed by atoms with Crippen LogP contribution in [0.25, 0.3) is 0 Å². The second-order valence-electron chi connectivity index (χ2n) is 5.30. The van der Waals surface area contributed by atoms with Crippen molar-refractivity contribution in [1.29, 1.82) is 0 Å². The van der Waals surface area contributed by atoms with E-state index in [1.165, 1.54) is 18.4 Å². The van der Waals surface area contributed by atoms with Gasteiger partial charge in [0.1, 0.15) is 5.75 Å². The number of phenols is 1. The van der Waals surface area contributed by atoms with Crippen molar-refractivity contribution in [3.05, 3.63) is 23.8 Å². The second-order valence-corrected chi connectivity index (χ2v) is 5.30. The van der Waals surface area contributed by atoms with E-state index in [-0.39, 0.29) is 0 Å². The molecule has 3 heteroatoms. The highest BCUT2D eigenvalue weighted by molar-refractivity contribution is 5.65. The topological polar surface area (TPSA) is 49.5 Å². The summed E-state index contributed by atoms with van der Waals surface area (Å²) in [5.41, 5.74) is 8.16. The number of hydrogen-bond donors (Lipinski definition) is 2. The second kappa shape index (κ2) is 4.22. The summed E-state index contributed by atoms with van der Waals surface area (Å²) in [7, 11) is 0. The maximum Gasteiger partial charge on any atom is 0.139 e. The standard InChI is InChI=1S/C14H20N2O/c15-9-10-6-7-16-12(8-10)5-4-11-2-1-3-13(17)14(11)16/h1-3,10,12,17H,4-9,15H2. The van der Waals surface area contributed by atoms with Crippen LogP contribution < -0.4 is 10.6 Å². The van der Waals surface area contributed by atoms with Crippen molar-refractivity contribution < 1.29 is 5.11 Å². The van der Waals surface area contributed by atoms with Crippen LogP contribution in [0.1, 0.15) is 24.8 Å². The number of rotatable bonds is 1. The number of nitrogens with two attached hydrogens (primary N) is 1. The van der Waals surface area contributed by atoms with E-state index in [2.05, 4.69) is 11.0 Å². The number of hydrogen-bond acceptors (Lipinski definition) is 3. The summed E-state index contributed by atoms with van der Waals surface area (Å²) in [4.78, 5) is 2.40. The molecule has 3 nitrogen and oxygen atoms in total. The van der Waals surface area contributed by atoms with Gasteiger partial charge < -0.3 is 15.7 Å². The maximum atomic E-state index is 10.1. The minimum Gasteiger partial charge on any atom is -0.506 e. The number of para-hydroxylation sites is 1. The van der Waals surface area contributed by atoms with Crippen LogP contribution in [0.4, 0.5) is 5.69 Å². The van der Waals surface area contributed by atoms with Crippen LogP contribution in [0.5, 0.6) is 5.75 Å². The number of aryl methyl sites for hydroxylation is 1. The molecule has 3 rings (SSSR count). The normalized spacial score (nSPS) is 27.5. The molecular formula is C14H20N2O. The number of phenolic OH excluding ortho intramolecular Hbond substituents is 1. The molecule has 1 fully saturated rings. The highest BCUT2D eigenvalue weighted by atomic mass is 16.3. The fourth-order valence-electron chi connectivity index (χ4n) is 3.35. The van der Waals surface area contributed by atoms with Gasteiger partial charge in [-0.25, -0.2) is 0 Å². The maximum absolute atomic E-state index is 10.1. The smallest absolute Gasteiger partial charge is 0.139 e. The van der Waals surface area contributed by atoms with Gasteiger partial charge in [-0.15, -0.1) is 0 Å². The molecule has 3 N–H and O–H groups in total. The fourth-order valence-corrected chi connectivity index (χ4v) is 3.35. The Morgan fingerprint density at radius 1 is 1.35 bits per heavy atom. The number of piperidine rings is 1. The van der Waals surface area contributed by atoms with E-state index in [4.69, 9.17) is 5.73 Å². The first-order chi connectivity index (χ1) is 8.29. The van der Waals surface area contributed by atoms with Gasteiger partial charge in [-0.2, -0.15) is 0 Å². The summed E-state index contributed by atoms with van der Waals surface area (Å²) < 4.78 is 0.